The number of hydrogen-bond acceptors (Lipinski definition) is 5. The topological polar surface area (TPSA) is 79.0 Å². The summed E-state index contributed by atoms with van der Waals surface area (Å²) in [6.07, 6.45) is 2.60. The predicted octanol–water partition coefficient (Wildman–Crippen LogP) is 2.84. The number of sulfonamides is 1. The molecule has 0 radical (unpaired) electrons. The van der Waals surface area contributed by atoms with E-state index in [2.05, 4.69) is 41.4 Å². The molecule has 1 atom stereocenters. The van der Waals surface area contributed by atoms with Crippen molar-refractivity contribution in [3.05, 3.63) is 53.6 Å². The lowest BCUT2D eigenvalue weighted by atomic mass is 10.1. The summed E-state index contributed by atoms with van der Waals surface area (Å²) in [5.74, 6) is 0.528. The van der Waals surface area contributed by atoms with Gasteiger partial charge in [-0.1, -0.05) is 18.2 Å². The lowest BCUT2D eigenvalue weighted by Gasteiger charge is -2.25. The molecule has 0 fully saturated rings. The number of aryl methyl sites for hydroxylation is 1. The van der Waals surface area contributed by atoms with Crippen molar-refractivity contribution in [3.63, 3.8) is 0 Å². The van der Waals surface area contributed by atoms with Crippen LogP contribution in [0.4, 0.5) is 5.69 Å². The first-order valence-corrected chi connectivity index (χ1v) is 12.4. The molecule has 0 unspecified atom stereocenters. The number of para-hydroxylation sites is 1. The molecule has 0 bridgehead atoms. The SMILES string of the molecule is COc1ccc(S(=O)(=O)N(C)C)cc1CCC(=O)NCCCN1c2ccccc2C[C@H]1C. The lowest BCUT2D eigenvalue weighted by Crippen LogP contribution is -2.33. The van der Waals surface area contributed by atoms with Gasteiger partial charge in [-0.15, -0.1) is 0 Å². The number of amides is 1. The third kappa shape index (κ3) is 5.42. The molecule has 1 aliphatic heterocycles. The van der Waals surface area contributed by atoms with E-state index in [0.29, 0.717) is 30.3 Å². The average molecular weight is 460 g/mol. The first-order chi connectivity index (χ1) is 15.2. The molecule has 32 heavy (non-hydrogen) atoms. The van der Waals surface area contributed by atoms with E-state index in [1.807, 2.05) is 0 Å². The molecular formula is C24H33N3O4S. The highest BCUT2D eigenvalue weighted by Crippen LogP contribution is 2.31. The van der Waals surface area contributed by atoms with Gasteiger partial charge in [0, 0.05) is 45.3 Å². The second-order valence-corrected chi connectivity index (χ2v) is 10.5. The average Bonchev–Trinajstić information content (AvgIpc) is 3.09. The number of nitrogens with zero attached hydrogens (tertiary/aromatic N) is 2. The highest BCUT2D eigenvalue weighted by molar-refractivity contribution is 7.89. The summed E-state index contributed by atoms with van der Waals surface area (Å²) in [5, 5.41) is 2.98. The number of hydrogen-bond donors (Lipinski definition) is 1. The van der Waals surface area contributed by atoms with E-state index in [1.54, 1.807) is 12.1 Å². The number of methoxy groups -OCH3 is 1. The van der Waals surface area contributed by atoms with E-state index >= 15 is 0 Å². The van der Waals surface area contributed by atoms with Crippen LogP contribution in [0.2, 0.25) is 0 Å². The van der Waals surface area contributed by atoms with Crippen molar-refractivity contribution in [3.8, 4) is 5.75 Å². The molecule has 1 aliphatic rings. The van der Waals surface area contributed by atoms with Gasteiger partial charge in [0.2, 0.25) is 15.9 Å². The Morgan fingerprint density at radius 2 is 1.97 bits per heavy atom. The van der Waals surface area contributed by atoms with E-state index in [0.717, 1.165) is 19.4 Å². The summed E-state index contributed by atoms with van der Waals surface area (Å²) in [5.41, 5.74) is 3.38. The summed E-state index contributed by atoms with van der Waals surface area (Å²) in [4.78, 5) is 15.0. The summed E-state index contributed by atoms with van der Waals surface area (Å²) in [6.45, 7) is 3.74. The molecule has 1 amide bonds. The Kier molecular flexibility index (Phi) is 7.79. The fourth-order valence-electron chi connectivity index (χ4n) is 4.11. The Morgan fingerprint density at radius 1 is 1.22 bits per heavy atom. The number of benzene rings is 2. The molecule has 8 heteroatoms. The molecule has 1 N–H and O–H groups in total. The molecule has 3 rings (SSSR count). The van der Waals surface area contributed by atoms with Crippen LogP contribution in [0.3, 0.4) is 0 Å². The molecule has 174 valence electrons. The smallest absolute Gasteiger partial charge is 0.242 e. The van der Waals surface area contributed by atoms with Gasteiger partial charge >= 0.3 is 0 Å². The Labute approximate surface area is 191 Å². The molecule has 2 aromatic carbocycles. The molecule has 0 saturated heterocycles. The van der Waals surface area contributed by atoms with Gasteiger partial charge < -0.3 is 15.0 Å². The van der Waals surface area contributed by atoms with Gasteiger partial charge in [-0.2, -0.15) is 0 Å². The van der Waals surface area contributed by atoms with Gasteiger partial charge in [0.15, 0.2) is 0 Å². The zero-order chi connectivity index (χ0) is 23.3. The third-order valence-corrected chi connectivity index (χ3v) is 7.71. The van der Waals surface area contributed by atoms with E-state index in [9.17, 15) is 13.2 Å². The molecule has 0 aromatic heterocycles. The predicted molar refractivity (Wildman–Crippen MR) is 127 cm³/mol. The number of fused-ring (bicyclic) bond motifs is 1. The van der Waals surface area contributed by atoms with Gasteiger partial charge in [-0.3, -0.25) is 4.79 Å². The van der Waals surface area contributed by atoms with Crippen LogP contribution in [0, 0.1) is 0 Å². The maximum Gasteiger partial charge on any atom is 0.242 e. The van der Waals surface area contributed by atoms with Crippen LogP contribution in [0.5, 0.6) is 5.75 Å². The minimum atomic E-state index is -3.54. The number of nitrogens with one attached hydrogen (secondary N) is 1. The first kappa shape index (κ1) is 24.1. The Balaban J connectivity index is 1.50. The zero-order valence-electron chi connectivity index (χ0n) is 19.3. The standard InChI is InChI=1S/C24H33N3O4S/c1-18-16-19-8-5-6-9-22(19)27(18)15-7-14-25-24(28)13-10-20-17-21(11-12-23(20)31-4)32(29,30)26(2)3/h5-6,8-9,11-12,17-18H,7,10,13-16H2,1-4H3,(H,25,28)/t18-/m1/s1. The van der Waals surface area contributed by atoms with Crippen molar-refractivity contribution in [2.24, 2.45) is 0 Å². The quantitative estimate of drug-likeness (QED) is 0.553. The van der Waals surface area contributed by atoms with Crippen LogP contribution in [-0.2, 0) is 27.7 Å². The molecule has 0 saturated carbocycles. The Morgan fingerprint density at radius 3 is 2.69 bits per heavy atom. The second kappa shape index (κ2) is 10.4. The van der Waals surface area contributed by atoms with Gasteiger partial charge in [0.05, 0.1) is 12.0 Å². The Hall–Kier alpha value is -2.58. The molecule has 1 heterocycles. The van der Waals surface area contributed by atoms with Crippen LogP contribution >= 0.6 is 0 Å². The number of ether oxygens (including phenoxy) is 1. The van der Waals surface area contributed by atoms with Gasteiger partial charge in [0.1, 0.15) is 5.75 Å². The van der Waals surface area contributed by atoms with Gasteiger partial charge in [-0.05, 0) is 61.6 Å². The minimum Gasteiger partial charge on any atom is -0.496 e. The molecular weight excluding hydrogens is 426 g/mol. The van der Waals surface area contributed by atoms with E-state index in [4.69, 9.17) is 4.74 Å². The minimum absolute atomic E-state index is 0.0530. The maximum absolute atomic E-state index is 12.4. The summed E-state index contributed by atoms with van der Waals surface area (Å²) in [6, 6.07) is 13.7. The molecule has 0 aliphatic carbocycles. The van der Waals surface area contributed by atoms with Crippen molar-refractivity contribution >= 4 is 21.6 Å². The van der Waals surface area contributed by atoms with Crippen molar-refractivity contribution in [2.75, 3.05) is 39.2 Å². The van der Waals surface area contributed by atoms with Crippen molar-refractivity contribution < 1.29 is 17.9 Å². The van der Waals surface area contributed by atoms with Crippen LogP contribution in [0.25, 0.3) is 0 Å². The van der Waals surface area contributed by atoms with Gasteiger partial charge in [0.25, 0.3) is 0 Å². The number of carbonyl (C=O) groups is 1. The maximum atomic E-state index is 12.4. The van der Waals surface area contributed by atoms with Crippen LogP contribution in [-0.4, -0.2) is 59.0 Å². The highest BCUT2D eigenvalue weighted by atomic mass is 32.2. The first-order valence-electron chi connectivity index (χ1n) is 10.9. The lowest BCUT2D eigenvalue weighted by molar-refractivity contribution is -0.121. The van der Waals surface area contributed by atoms with Crippen molar-refractivity contribution in [2.45, 2.75) is 43.5 Å². The molecule has 7 nitrogen and oxygen atoms in total. The summed E-state index contributed by atoms with van der Waals surface area (Å²) < 4.78 is 31.3. The largest absolute Gasteiger partial charge is 0.496 e. The highest BCUT2D eigenvalue weighted by Gasteiger charge is 2.24. The fourth-order valence-corrected chi connectivity index (χ4v) is 5.06. The number of rotatable bonds is 10. The Bertz CT molecular complexity index is 1050. The monoisotopic (exact) mass is 459 g/mol. The molecule has 0 spiro atoms. The fraction of sp³-hybridized carbons (Fsp3) is 0.458. The normalized spacial score (nSPS) is 15.7. The van der Waals surface area contributed by atoms with Crippen LogP contribution in [0.15, 0.2) is 47.4 Å². The number of carbonyl (C=O) groups excluding carboxylic acids is 1. The number of anilines is 1. The van der Waals surface area contributed by atoms with E-state index < -0.39 is 10.0 Å². The van der Waals surface area contributed by atoms with Crippen molar-refractivity contribution in [1.82, 2.24) is 9.62 Å². The van der Waals surface area contributed by atoms with Crippen LogP contribution in [0.1, 0.15) is 30.9 Å². The molecule has 2 aromatic rings. The van der Waals surface area contributed by atoms with Gasteiger partial charge in [-0.25, -0.2) is 12.7 Å². The summed E-state index contributed by atoms with van der Waals surface area (Å²) >= 11 is 0. The van der Waals surface area contributed by atoms with E-state index in [-0.39, 0.29) is 17.2 Å². The third-order valence-electron chi connectivity index (χ3n) is 5.90. The zero-order valence-corrected chi connectivity index (χ0v) is 20.1. The summed E-state index contributed by atoms with van der Waals surface area (Å²) in [7, 11) is 0.985. The second-order valence-electron chi connectivity index (χ2n) is 8.34. The van der Waals surface area contributed by atoms with Crippen LogP contribution < -0.4 is 15.0 Å². The van der Waals surface area contributed by atoms with E-state index in [1.165, 1.54) is 42.8 Å². The van der Waals surface area contributed by atoms with Crippen molar-refractivity contribution in [1.29, 1.82) is 0 Å².